The molecule has 16 heavy (non-hydrogen) atoms. The molecule has 0 aromatic carbocycles. The van der Waals surface area contributed by atoms with Crippen LogP contribution in [-0.4, -0.2) is 12.3 Å². The number of aryl methyl sites for hydroxylation is 1. The van der Waals surface area contributed by atoms with Crippen LogP contribution in [0, 0.1) is 6.92 Å². The molecular formula is C10H17Cl2NP2W. The molecule has 1 heterocycles. The Morgan fingerprint density at radius 2 is 2.06 bits per heavy atom. The molecule has 0 spiro atoms. The van der Waals surface area contributed by atoms with Crippen molar-refractivity contribution in [1.82, 2.24) is 0 Å². The summed E-state index contributed by atoms with van der Waals surface area (Å²) in [7, 11) is 12.1. The van der Waals surface area contributed by atoms with Gasteiger partial charge in [0, 0.05) is 17.6 Å². The molecule has 0 aliphatic carbocycles. The number of nitrogens with zero attached hydrogens (tertiary/aromatic N) is 1. The van der Waals surface area contributed by atoms with Crippen molar-refractivity contribution in [1.29, 1.82) is 0 Å². The first-order valence-corrected chi connectivity index (χ1v) is 14.3. The molecule has 0 bridgehead atoms. The normalized spacial score (nSPS) is 11.6. The second-order valence-corrected chi connectivity index (χ2v) is 10.7. The minimum absolute atomic E-state index is 0.531. The summed E-state index contributed by atoms with van der Waals surface area (Å²) in [5.74, 6) is 2.28. The van der Waals surface area contributed by atoms with Crippen molar-refractivity contribution in [3.8, 4) is 0 Å². The number of rotatable bonds is 4. The summed E-state index contributed by atoms with van der Waals surface area (Å²) >= 11 is -0.806. The summed E-state index contributed by atoms with van der Waals surface area (Å²) in [6, 6.07) is 0.531. The number of halogens is 2. The zero-order chi connectivity index (χ0) is 12.4. The van der Waals surface area contributed by atoms with Crippen molar-refractivity contribution >= 4 is 41.4 Å². The van der Waals surface area contributed by atoms with E-state index in [4.69, 9.17) is 18.8 Å². The molecule has 6 heteroatoms. The number of hydrogen-bond acceptors (Lipinski definition) is 1. The number of aliphatic imine (C=N–C) groups is 1. The van der Waals surface area contributed by atoms with Crippen LogP contribution in [0.15, 0.2) is 10.8 Å². The summed E-state index contributed by atoms with van der Waals surface area (Å²) < 4.78 is 0. The molecule has 1 aromatic heterocycles. The summed E-state index contributed by atoms with van der Waals surface area (Å²) in [4.78, 5) is 4.57. The van der Waals surface area contributed by atoms with E-state index in [2.05, 4.69) is 37.8 Å². The van der Waals surface area contributed by atoms with Crippen LogP contribution in [0.4, 0.5) is 0 Å². The second-order valence-electron chi connectivity index (χ2n) is 3.23. The molecule has 0 saturated carbocycles. The van der Waals surface area contributed by atoms with Crippen molar-refractivity contribution in [3.05, 3.63) is 16.1 Å². The predicted molar refractivity (Wildman–Crippen MR) is 76.9 cm³/mol. The van der Waals surface area contributed by atoms with Crippen LogP contribution in [0.25, 0.3) is 0 Å². The molecule has 0 fully saturated rings. The minimum atomic E-state index is -0.806. The molecule has 0 aliphatic rings. The average Bonchev–Trinajstić information content (AvgIpc) is 2.67. The fourth-order valence-electron chi connectivity index (χ4n) is 1.19. The Balaban J connectivity index is 0.000000673. The third-order valence-corrected chi connectivity index (χ3v) is 4.77. The monoisotopic (exact) mass is 467 g/mol. The van der Waals surface area contributed by atoms with E-state index in [1.165, 1.54) is 13.5 Å². The van der Waals surface area contributed by atoms with Crippen molar-refractivity contribution in [2.45, 2.75) is 39.7 Å². The Morgan fingerprint density at radius 3 is 2.44 bits per heavy atom. The Morgan fingerprint density at radius 1 is 1.50 bits per heavy atom. The molecule has 1 rings (SSSR count). The summed E-state index contributed by atoms with van der Waals surface area (Å²) in [5, 5.41) is 2.98. The third kappa shape index (κ3) is 8.27. The third-order valence-electron chi connectivity index (χ3n) is 2.09. The Labute approximate surface area is 118 Å². The van der Waals surface area contributed by atoms with E-state index in [0.717, 1.165) is 21.0 Å². The standard InChI is InChI=1S/C10H17NP2.2ClH.W/c1-4-9(5-2)11-6-10-7-12-8(3)13-10;;;/h6-7,9,13H,4-5H2,1-3H3;2*1H;/q;;;+2/p-2. The molecule has 1 aromatic rings. The quantitative estimate of drug-likeness (QED) is 0.512. The fourth-order valence-corrected chi connectivity index (χ4v) is 3.44. The molecule has 1 atom stereocenters. The van der Waals surface area contributed by atoms with Gasteiger partial charge in [-0.05, 0) is 30.6 Å². The van der Waals surface area contributed by atoms with Crippen molar-refractivity contribution in [3.63, 3.8) is 0 Å². The Hall–Kier alpha value is 1.15. The van der Waals surface area contributed by atoms with Crippen molar-refractivity contribution in [2.24, 2.45) is 4.99 Å². The molecule has 0 saturated heterocycles. The molecule has 0 amide bonds. The van der Waals surface area contributed by atoms with Gasteiger partial charge in [-0.15, -0.1) is 8.19 Å². The van der Waals surface area contributed by atoms with Crippen LogP contribution in [-0.2, 0) is 16.5 Å². The van der Waals surface area contributed by atoms with Gasteiger partial charge in [-0.1, -0.05) is 22.0 Å². The zero-order valence-electron chi connectivity index (χ0n) is 9.70. The van der Waals surface area contributed by atoms with Crippen LogP contribution in [0.3, 0.4) is 0 Å². The maximum absolute atomic E-state index is 4.93. The predicted octanol–water partition coefficient (Wildman–Crippen LogP) is 5.59. The van der Waals surface area contributed by atoms with Crippen LogP contribution in [0.2, 0.25) is 0 Å². The molecule has 0 N–H and O–H groups in total. The van der Waals surface area contributed by atoms with Gasteiger partial charge in [0.25, 0.3) is 0 Å². The summed E-state index contributed by atoms with van der Waals surface area (Å²) in [6.45, 7) is 6.62. The fraction of sp³-hybridized carbons (Fsp3) is 0.600. The molecular weight excluding hydrogens is 451 g/mol. The maximum atomic E-state index is 4.93. The summed E-state index contributed by atoms with van der Waals surface area (Å²) in [6.07, 6.45) is 4.40. The van der Waals surface area contributed by atoms with Gasteiger partial charge in [0.1, 0.15) is 0 Å². The van der Waals surface area contributed by atoms with Crippen molar-refractivity contribution in [2.75, 3.05) is 0 Å². The van der Waals surface area contributed by atoms with Gasteiger partial charge in [-0.25, -0.2) is 0 Å². The SMILES string of the molecule is CCC(CC)N=Cc1cpc(C)[pH]1.[Cl][W][Cl]. The van der Waals surface area contributed by atoms with Crippen LogP contribution >= 0.6 is 35.2 Å². The molecule has 1 unspecified atom stereocenters. The molecule has 0 radical (unpaired) electrons. The average molecular weight is 468 g/mol. The molecule has 1 nitrogen and oxygen atoms in total. The Kier molecular flexibility index (Phi) is 12.1. The first-order valence-electron chi connectivity index (χ1n) is 5.11. The van der Waals surface area contributed by atoms with Crippen molar-refractivity contribution < 1.29 is 16.5 Å². The first-order chi connectivity index (χ1) is 7.67. The van der Waals surface area contributed by atoms with Gasteiger partial charge in [0.05, 0.1) is 0 Å². The van der Waals surface area contributed by atoms with Crippen LogP contribution in [0.1, 0.15) is 37.0 Å². The molecule has 0 aliphatic heterocycles. The first kappa shape index (κ1) is 17.1. The molecule has 92 valence electrons. The van der Waals surface area contributed by atoms with E-state index in [0.29, 0.717) is 6.04 Å². The summed E-state index contributed by atoms with van der Waals surface area (Å²) in [5.41, 5.74) is 0. The van der Waals surface area contributed by atoms with E-state index in [9.17, 15) is 0 Å². The van der Waals surface area contributed by atoms with E-state index in [1.54, 1.807) is 5.03 Å². The topological polar surface area (TPSA) is 12.4 Å². The van der Waals surface area contributed by atoms with Crippen LogP contribution in [0.5, 0.6) is 0 Å². The van der Waals surface area contributed by atoms with Crippen LogP contribution < -0.4 is 0 Å². The van der Waals surface area contributed by atoms with E-state index in [-0.39, 0.29) is 0 Å². The van der Waals surface area contributed by atoms with Gasteiger partial charge in [-0.2, -0.15) is 0 Å². The van der Waals surface area contributed by atoms with Gasteiger partial charge in [0.15, 0.2) is 0 Å². The van der Waals surface area contributed by atoms with Gasteiger partial charge >= 0.3 is 35.3 Å². The number of hydrogen-bond donors (Lipinski definition) is 0. The zero-order valence-corrected chi connectivity index (χ0v) is 16.0. The van der Waals surface area contributed by atoms with E-state index >= 15 is 0 Å². The Bertz CT molecular complexity index is 301. The van der Waals surface area contributed by atoms with Gasteiger partial charge in [0.2, 0.25) is 0 Å². The van der Waals surface area contributed by atoms with E-state index < -0.39 is 16.5 Å². The van der Waals surface area contributed by atoms with Gasteiger partial charge < -0.3 is 0 Å². The van der Waals surface area contributed by atoms with Gasteiger partial charge in [-0.3, -0.25) is 4.99 Å². The van der Waals surface area contributed by atoms with E-state index in [1.807, 2.05) is 0 Å². The second kappa shape index (κ2) is 11.3.